The van der Waals surface area contributed by atoms with Gasteiger partial charge < -0.3 is 9.84 Å². The molecular weight excluding hydrogens is 312 g/mol. The van der Waals surface area contributed by atoms with Crippen molar-refractivity contribution in [2.24, 2.45) is 0 Å². The maximum Gasteiger partial charge on any atom is 0.335 e. The first-order chi connectivity index (χ1) is 12.0. The predicted octanol–water partition coefficient (Wildman–Crippen LogP) is 5.39. The number of hydrogen-bond acceptors (Lipinski definition) is 3. The van der Waals surface area contributed by atoms with Gasteiger partial charge >= 0.3 is 5.97 Å². The topological polar surface area (TPSA) is 46.5 Å². The average molecular weight is 336 g/mol. The molecule has 0 radical (unpaired) electrons. The third-order valence-corrected chi connectivity index (χ3v) is 3.99. The fraction of sp³-hybridized carbons (Fsp3) is 0.227. The fourth-order valence-corrected chi connectivity index (χ4v) is 2.36. The first-order valence-corrected chi connectivity index (χ1v) is 8.40. The molecule has 0 aromatic heterocycles. The van der Waals surface area contributed by atoms with Crippen LogP contribution in [0.5, 0.6) is 5.75 Å². The van der Waals surface area contributed by atoms with Crippen LogP contribution in [0.25, 0.3) is 6.08 Å². The number of para-hydroxylation sites is 1. The summed E-state index contributed by atoms with van der Waals surface area (Å²) < 4.78 is 5.09. The highest BCUT2D eigenvalue weighted by atomic mass is 16.5. The van der Waals surface area contributed by atoms with Crippen LogP contribution in [0.4, 0.5) is 0 Å². The SMILES string of the molecule is CC(C)c1cccc(C(C)/C=C/OC(=O)/C=C/c2ccccc2O)c1. The largest absolute Gasteiger partial charge is 0.507 e. The molecule has 0 spiro atoms. The Morgan fingerprint density at radius 1 is 1.04 bits per heavy atom. The van der Waals surface area contributed by atoms with Gasteiger partial charge in [-0.05, 0) is 35.3 Å². The average Bonchev–Trinajstić information content (AvgIpc) is 2.61. The van der Waals surface area contributed by atoms with E-state index in [0.717, 1.165) is 0 Å². The molecule has 1 N–H and O–H groups in total. The van der Waals surface area contributed by atoms with Gasteiger partial charge in [0.05, 0.1) is 6.26 Å². The molecule has 2 aromatic rings. The highest BCUT2D eigenvalue weighted by molar-refractivity contribution is 5.87. The Kier molecular flexibility index (Phi) is 6.58. The van der Waals surface area contributed by atoms with E-state index < -0.39 is 5.97 Å². The smallest absolute Gasteiger partial charge is 0.335 e. The second kappa shape index (κ2) is 8.88. The van der Waals surface area contributed by atoms with Crippen LogP contribution < -0.4 is 0 Å². The summed E-state index contributed by atoms with van der Waals surface area (Å²) in [7, 11) is 0. The molecule has 3 heteroatoms. The van der Waals surface area contributed by atoms with Crippen molar-refractivity contribution in [1.29, 1.82) is 0 Å². The number of rotatable bonds is 6. The van der Waals surface area contributed by atoms with E-state index in [2.05, 4.69) is 45.0 Å². The van der Waals surface area contributed by atoms with Crippen molar-refractivity contribution in [2.75, 3.05) is 0 Å². The van der Waals surface area contributed by atoms with Crippen molar-refractivity contribution >= 4 is 12.0 Å². The summed E-state index contributed by atoms with van der Waals surface area (Å²) >= 11 is 0. The van der Waals surface area contributed by atoms with Crippen LogP contribution in [0.3, 0.4) is 0 Å². The van der Waals surface area contributed by atoms with E-state index in [1.165, 1.54) is 29.5 Å². The summed E-state index contributed by atoms with van der Waals surface area (Å²) in [4.78, 5) is 11.7. The number of carbonyl (C=O) groups excluding carboxylic acids is 1. The van der Waals surface area contributed by atoms with Crippen LogP contribution in [0.2, 0.25) is 0 Å². The molecule has 0 aliphatic heterocycles. The maximum absolute atomic E-state index is 11.7. The van der Waals surface area contributed by atoms with Gasteiger partial charge in [0, 0.05) is 17.6 Å². The zero-order chi connectivity index (χ0) is 18.2. The van der Waals surface area contributed by atoms with Gasteiger partial charge in [0.15, 0.2) is 0 Å². The van der Waals surface area contributed by atoms with E-state index in [0.29, 0.717) is 11.5 Å². The Balaban J connectivity index is 1.92. The van der Waals surface area contributed by atoms with Gasteiger partial charge in [-0.1, -0.05) is 63.2 Å². The van der Waals surface area contributed by atoms with E-state index in [1.54, 1.807) is 24.3 Å². The Labute approximate surface area is 149 Å². The molecule has 1 unspecified atom stereocenters. The normalized spacial score (nSPS) is 12.8. The predicted molar refractivity (Wildman–Crippen MR) is 101 cm³/mol. The number of ether oxygens (including phenoxy) is 1. The van der Waals surface area contributed by atoms with Crippen molar-refractivity contribution in [3.8, 4) is 5.75 Å². The molecule has 0 heterocycles. The Bertz CT molecular complexity index is 772. The lowest BCUT2D eigenvalue weighted by Crippen LogP contribution is -1.96. The first-order valence-electron chi connectivity index (χ1n) is 8.40. The van der Waals surface area contributed by atoms with Crippen molar-refractivity contribution in [3.63, 3.8) is 0 Å². The lowest BCUT2D eigenvalue weighted by Gasteiger charge is -2.11. The minimum atomic E-state index is -0.484. The zero-order valence-electron chi connectivity index (χ0n) is 14.8. The standard InChI is InChI=1S/C22H24O3/c1-16(2)19-8-6-9-20(15-19)17(3)13-14-25-22(24)12-11-18-7-4-5-10-21(18)23/h4-17,23H,1-3H3/b12-11+,14-13+. The molecule has 0 saturated heterocycles. The molecule has 0 fully saturated rings. The molecule has 1 atom stereocenters. The number of phenols is 1. The number of aromatic hydroxyl groups is 1. The van der Waals surface area contributed by atoms with E-state index in [9.17, 15) is 9.90 Å². The van der Waals surface area contributed by atoms with Gasteiger partial charge in [-0.25, -0.2) is 4.79 Å². The molecule has 25 heavy (non-hydrogen) atoms. The van der Waals surface area contributed by atoms with Gasteiger partial charge in [-0.3, -0.25) is 0 Å². The molecule has 3 nitrogen and oxygen atoms in total. The van der Waals surface area contributed by atoms with Crippen LogP contribution in [0, 0.1) is 0 Å². The Hall–Kier alpha value is -2.81. The van der Waals surface area contributed by atoms with Crippen molar-refractivity contribution in [2.45, 2.75) is 32.6 Å². The van der Waals surface area contributed by atoms with Gasteiger partial charge in [0.1, 0.15) is 5.75 Å². The van der Waals surface area contributed by atoms with Crippen molar-refractivity contribution < 1.29 is 14.6 Å². The zero-order valence-corrected chi connectivity index (χ0v) is 14.8. The summed E-state index contributed by atoms with van der Waals surface area (Å²) in [6.45, 7) is 6.39. The monoisotopic (exact) mass is 336 g/mol. The highest BCUT2D eigenvalue weighted by Crippen LogP contribution is 2.22. The summed E-state index contributed by atoms with van der Waals surface area (Å²) in [6, 6.07) is 15.2. The number of hydrogen-bond donors (Lipinski definition) is 1. The van der Waals surface area contributed by atoms with Crippen molar-refractivity contribution in [3.05, 3.63) is 83.6 Å². The molecule has 0 aliphatic rings. The van der Waals surface area contributed by atoms with Crippen LogP contribution in [0.1, 0.15) is 49.3 Å². The van der Waals surface area contributed by atoms with E-state index >= 15 is 0 Å². The first kappa shape index (κ1) is 18.5. The van der Waals surface area contributed by atoms with E-state index in [-0.39, 0.29) is 11.7 Å². The minimum absolute atomic E-state index is 0.126. The van der Waals surface area contributed by atoms with E-state index in [4.69, 9.17) is 4.74 Å². The van der Waals surface area contributed by atoms with Gasteiger partial charge in [0.2, 0.25) is 0 Å². The Morgan fingerprint density at radius 3 is 2.48 bits per heavy atom. The van der Waals surface area contributed by atoms with Gasteiger partial charge in [0.25, 0.3) is 0 Å². The van der Waals surface area contributed by atoms with Crippen LogP contribution in [0.15, 0.2) is 66.9 Å². The lowest BCUT2D eigenvalue weighted by molar-refractivity contribution is -0.132. The van der Waals surface area contributed by atoms with Gasteiger partial charge in [-0.15, -0.1) is 0 Å². The third-order valence-electron chi connectivity index (χ3n) is 3.99. The molecular formula is C22H24O3. The van der Waals surface area contributed by atoms with Crippen LogP contribution in [-0.2, 0) is 9.53 Å². The molecule has 2 rings (SSSR count). The number of esters is 1. The summed E-state index contributed by atoms with van der Waals surface area (Å²) in [5.41, 5.74) is 3.05. The molecule has 0 aliphatic carbocycles. The second-order valence-electron chi connectivity index (χ2n) is 6.27. The maximum atomic E-state index is 11.7. The number of carbonyl (C=O) groups is 1. The molecule has 0 bridgehead atoms. The number of phenolic OH excluding ortho intramolecular Hbond substituents is 1. The molecule has 2 aromatic carbocycles. The summed E-state index contributed by atoms with van der Waals surface area (Å²) in [5.74, 6) is 0.269. The Morgan fingerprint density at radius 2 is 1.76 bits per heavy atom. The third kappa shape index (κ3) is 5.64. The van der Waals surface area contributed by atoms with E-state index in [1.807, 2.05) is 6.08 Å². The summed E-state index contributed by atoms with van der Waals surface area (Å²) in [6.07, 6.45) is 6.10. The second-order valence-corrected chi connectivity index (χ2v) is 6.27. The van der Waals surface area contributed by atoms with Gasteiger partial charge in [-0.2, -0.15) is 0 Å². The number of allylic oxidation sites excluding steroid dienone is 1. The fourth-order valence-electron chi connectivity index (χ4n) is 2.36. The summed E-state index contributed by atoms with van der Waals surface area (Å²) in [5, 5.41) is 9.64. The molecule has 0 saturated carbocycles. The lowest BCUT2D eigenvalue weighted by atomic mass is 9.95. The van der Waals surface area contributed by atoms with Crippen molar-refractivity contribution in [1.82, 2.24) is 0 Å². The van der Waals surface area contributed by atoms with Crippen LogP contribution >= 0.6 is 0 Å². The molecule has 130 valence electrons. The van der Waals surface area contributed by atoms with Crippen LogP contribution in [-0.4, -0.2) is 11.1 Å². The highest BCUT2D eigenvalue weighted by Gasteiger charge is 2.05. The quantitative estimate of drug-likeness (QED) is 0.437. The minimum Gasteiger partial charge on any atom is -0.507 e. The number of benzene rings is 2. The molecule has 0 amide bonds.